The Labute approximate surface area is 258 Å². The highest BCUT2D eigenvalue weighted by atomic mass is 16.5. The molecule has 2 saturated heterocycles. The van der Waals surface area contributed by atoms with Gasteiger partial charge in [0.25, 0.3) is 0 Å². The molecule has 0 unspecified atom stereocenters. The molecule has 4 atom stereocenters. The Morgan fingerprint density at radius 2 is 1.16 bits per heavy atom. The quantitative estimate of drug-likeness (QED) is 0.0979. The number of ether oxygens (including phenoxy) is 2. The fourth-order valence-corrected chi connectivity index (χ4v) is 5.49. The number of nitrogens with zero attached hydrogens (tertiary/aromatic N) is 4. The van der Waals surface area contributed by atoms with E-state index in [9.17, 15) is 19.2 Å². The van der Waals surface area contributed by atoms with Crippen LogP contribution in [0, 0.1) is 0 Å². The normalized spacial score (nSPS) is 21.2. The predicted octanol–water partition coefficient (Wildman–Crippen LogP) is -1.24. The number of imidazole rings is 2. The lowest BCUT2D eigenvalue weighted by atomic mass is 10.2. The molecule has 0 aromatic carbocycles. The lowest BCUT2D eigenvalue weighted by Crippen LogP contribution is -2.46. The number of unbranched alkanes of at least 4 members (excludes halogenated alkanes) is 2. The van der Waals surface area contributed by atoms with Gasteiger partial charge in [-0.25, -0.2) is 18.3 Å². The largest absolute Gasteiger partial charge is 0.461 e. The Kier molecular flexibility index (Phi) is 12.7. The topological polar surface area (TPSA) is 152 Å². The van der Waals surface area contributed by atoms with Crippen molar-refractivity contribution >= 4 is 23.8 Å². The van der Waals surface area contributed by atoms with Gasteiger partial charge in [-0.1, -0.05) is 0 Å². The SMILES string of the molecule is C[n+]1ccn(CCCCC(=O)O[C@H]2CN[C@H](C(=O)NCCNC(=O)[C@@H]3C[C@@H](OC(=O)CCCCn4cc[n+](C)c4)CN3)C2)c1. The van der Waals surface area contributed by atoms with E-state index in [0.717, 1.165) is 38.8 Å². The van der Waals surface area contributed by atoms with Crippen molar-refractivity contribution < 1.29 is 37.8 Å². The molecule has 4 heterocycles. The Bertz CT molecular complexity index is 1150. The molecule has 2 aliphatic heterocycles. The zero-order valence-corrected chi connectivity index (χ0v) is 25.9. The number of amides is 2. The van der Waals surface area contributed by atoms with E-state index in [1.54, 1.807) is 0 Å². The molecule has 0 radical (unpaired) electrons. The summed E-state index contributed by atoms with van der Waals surface area (Å²) in [5, 5.41) is 11.9. The van der Waals surface area contributed by atoms with Crippen LogP contribution < -0.4 is 30.4 Å². The third-order valence-electron chi connectivity index (χ3n) is 7.88. The molecule has 14 heteroatoms. The monoisotopic (exact) mass is 616 g/mol. The van der Waals surface area contributed by atoms with Crippen LogP contribution in [0.2, 0.25) is 0 Å². The van der Waals surface area contributed by atoms with Crippen molar-refractivity contribution in [3.05, 3.63) is 37.4 Å². The van der Waals surface area contributed by atoms with Crippen LogP contribution in [0.5, 0.6) is 0 Å². The third-order valence-corrected chi connectivity index (χ3v) is 7.88. The summed E-state index contributed by atoms with van der Waals surface area (Å²) in [5.74, 6) is -0.861. The number of carbonyl (C=O) groups is 4. The van der Waals surface area contributed by atoms with Crippen molar-refractivity contribution in [3.8, 4) is 0 Å². The summed E-state index contributed by atoms with van der Waals surface area (Å²) < 4.78 is 19.2. The zero-order chi connectivity index (χ0) is 31.3. The number of nitrogens with one attached hydrogen (secondary N) is 4. The van der Waals surface area contributed by atoms with Crippen molar-refractivity contribution in [2.75, 3.05) is 26.2 Å². The van der Waals surface area contributed by atoms with Gasteiger partial charge in [0, 0.05) is 51.9 Å². The van der Waals surface area contributed by atoms with Gasteiger partial charge in [0.1, 0.15) is 37.0 Å². The van der Waals surface area contributed by atoms with Crippen molar-refractivity contribution in [3.63, 3.8) is 0 Å². The molecule has 44 heavy (non-hydrogen) atoms. The predicted molar refractivity (Wildman–Crippen MR) is 158 cm³/mol. The third kappa shape index (κ3) is 11.1. The first kappa shape index (κ1) is 33.1. The summed E-state index contributed by atoms with van der Waals surface area (Å²) >= 11 is 0. The highest BCUT2D eigenvalue weighted by Gasteiger charge is 2.33. The number of hydrogen-bond acceptors (Lipinski definition) is 8. The van der Waals surface area contributed by atoms with Gasteiger partial charge < -0.3 is 30.7 Å². The number of hydrogen-bond donors (Lipinski definition) is 4. The molecule has 14 nitrogen and oxygen atoms in total. The molecule has 0 saturated carbocycles. The maximum Gasteiger partial charge on any atom is 0.306 e. The van der Waals surface area contributed by atoms with Gasteiger partial charge in [0.2, 0.25) is 24.5 Å². The molecule has 2 aliphatic rings. The van der Waals surface area contributed by atoms with E-state index in [2.05, 4.69) is 30.4 Å². The van der Waals surface area contributed by atoms with Gasteiger partial charge >= 0.3 is 11.9 Å². The first-order chi connectivity index (χ1) is 21.2. The molecule has 4 rings (SSSR count). The Hall–Kier alpha value is -3.78. The number of rotatable bonds is 17. The summed E-state index contributed by atoms with van der Waals surface area (Å²) in [4.78, 5) is 49.5. The number of esters is 2. The molecule has 0 bridgehead atoms. The first-order valence-corrected chi connectivity index (χ1v) is 15.7. The van der Waals surface area contributed by atoms with Crippen LogP contribution in [0.3, 0.4) is 0 Å². The van der Waals surface area contributed by atoms with Gasteiger partial charge in [0.05, 0.1) is 39.3 Å². The molecular weight excluding hydrogens is 568 g/mol. The van der Waals surface area contributed by atoms with E-state index in [1.807, 2.05) is 60.7 Å². The second kappa shape index (κ2) is 16.9. The first-order valence-electron chi connectivity index (χ1n) is 15.7. The lowest BCUT2D eigenvalue weighted by molar-refractivity contribution is -0.671. The molecule has 242 valence electrons. The Balaban J connectivity index is 0.998. The van der Waals surface area contributed by atoms with E-state index in [-0.39, 0.29) is 49.1 Å². The van der Waals surface area contributed by atoms with Gasteiger partial charge in [-0.15, -0.1) is 0 Å². The minimum atomic E-state index is -0.443. The highest BCUT2D eigenvalue weighted by molar-refractivity contribution is 5.83. The van der Waals surface area contributed by atoms with Crippen molar-refractivity contribution in [1.82, 2.24) is 30.4 Å². The fourth-order valence-electron chi connectivity index (χ4n) is 5.49. The van der Waals surface area contributed by atoms with E-state index >= 15 is 0 Å². The maximum absolute atomic E-state index is 12.5. The molecule has 0 spiro atoms. The summed E-state index contributed by atoms with van der Waals surface area (Å²) in [6, 6.07) is -0.885. The number of aryl methyl sites for hydroxylation is 4. The van der Waals surface area contributed by atoms with Crippen LogP contribution in [0.25, 0.3) is 0 Å². The van der Waals surface area contributed by atoms with E-state index in [1.165, 1.54) is 0 Å². The molecule has 2 fully saturated rings. The summed E-state index contributed by atoms with van der Waals surface area (Å²) in [5.41, 5.74) is 0. The highest BCUT2D eigenvalue weighted by Crippen LogP contribution is 2.14. The van der Waals surface area contributed by atoms with Gasteiger partial charge in [-0.2, -0.15) is 0 Å². The molecule has 4 N–H and O–H groups in total. The molecule has 0 aliphatic carbocycles. The molecule has 2 aromatic rings. The summed E-state index contributed by atoms with van der Waals surface area (Å²) in [6.45, 7) is 3.13. The summed E-state index contributed by atoms with van der Waals surface area (Å²) in [6.07, 6.45) is 16.1. The number of aromatic nitrogens is 4. The average Bonchev–Trinajstić information content (AvgIpc) is 3.81. The number of carbonyl (C=O) groups excluding carboxylic acids is 4. The standard InChI is InChI=1S/C30H46N8O6/c1-35-13-15-37(21-35)11-5-3-7-27(39)43-23-17-25(33-19-23)29(41)31-9-10-32-30(42)26-18-24(20-34-26)44-28(40)8-4-6-12-38-16-14-36(2)22-38/h13-16,21-26,33-34H,3-12,17-20H2,1-2H3/p+2/t23-,24-,25+,26+/m1/s1. The van der Waals surface area contributed by atoms with Crippen molar-refractivity contribution in [1.29, 1.82) is 0 Å². The van der Waals surface area contributed by atoms with Crippen LogP contribution in [-0.4, -0.2) is 83.4 Å². The maximum atomic E-state index is 12.5. The van der Waals surface area contributed by atoms with E-state index < -0.39 is 12.1 Å². The van der Waals surface area contributed by atoms with Crippen LogP contribution in [0.15, 0.2) is 37.4 Å². The lowest BCUT2D eigenvalue weighted by Gasteiger charge is -2.14. The van der Waals surface area contributed by atoms with Crippen molar-refractivity contribution in [2.24, 2.45) is 14.1 Å². The smallest absolute Gasteiger partial charge is 0.306 e. The Morgan fingerprint density at radius 3 is 1.55 bits per heavy atom. The van der Waals surface area contributed by atoms with Gasteiger partial charge in [0.15, 0.2) is 0 Å². The molecule has 2 amide bonds. The van der Waals surface area contributed by atoms with Crippen LogP contribution >= 0.6 is 0 Å². The van der Waals surface area contributed by atoms with E-state index in [0.29, 0.717) is 38.8 Å². The molecular formula is C30H48N8O6+2. The van der Waals surface area contributed by atoms with Crippen LogP contribution in [0.4, 0.5) is 0 Å². The summed E-state index contributed by atoms with van der Waals surface area (Å²) in [7, 11) is 3.94. The van der Waals surface area contributed by atoms with Crippen molar-refractivity contribution in [2.45, 2.75) is 88.7 Å². The average molecular weight is 617 g/mol. The second-order valence-corrected chi connectivity index (χ2v) is 11.7. The second-order valence-electron chi connectivity index (χ2n) is 11.7. The fraction of sp³-hybridized carbons (Fsp3) is 0.667. The molecule has 2 aromatic heterocycles. The van der Waals surface area contributed by atoms with Crippen LogP contribution in [0.1, 0.15) is 51.4 Å². The minimum Gasteiger partial charge on any atom is -0.461 e. The van der Waals surface area contributed by atoms with Gasteiger partial charge in [-0.05, 0) is 25.7 Å². The van der Waals surface area contributed by atoms with E-state index in [4.69, 9.17) is 9.47 Å². The van der Waals surface area contributed by atoms with Gasteiger partial charge in [-0.3, -0.25) is 19.2 Å². The zero-order valence-electron chi connectivity index (χ0n) is 25.9. The van der Waals surface area contributed by atoms with Crippen LogP contribution in [-0.2, 0) is 55.8 Å². The minimum absolute atomic E-state index is 0.189. The Morgan fingerprint density at radius 1 is 0.727 bits per heavy atom.